The van der Waals surface area contributed by atoms with Crippen molar-refractivity contribution in [3.8, 4) is 22.3 Å². The third-order valence-corrected chi connectivity index (χ3v) is 5.69. The lowest BCUT2D eigenvalue weighted by Gasteiger charge is -2.23. The van der Waals surface area contributed by atoms with Gasteiger partial charge in [0.05, 0.1) is 0 Å². The van der Waals surface area contributed by atoms with Gasteiger partial charge in [-0.1, -0.05) is 103 Å². The lowest BCUT2D eigenvalue weighted by Crippen LogP contribution is -2.10. The van der Waals surface area contributed by atoms with Gasteiger partial charge in [0.15, 0.2) is 0 Å². The van der Waals surface area contributed by atoms with Gasteiger partial charge in [-0.25, -0.2) is 0 Å². The monoisotopic (exact) mass is 385 g/mol. The van der Waals surface area contributed by atoms with Crippen LogP contribution >= 0.6 is 0 Å². The van der Waals surface area contributed by atoms with E-state index in [-0.39, 0.29) is 0 Å². The van der Waals surface area contributed by atoms with Crippen molar-refractivity contribution >= 4 is 22.1 Å². The molecule has 5 aromatic carbocycles. The lowest BCUT2D eigenvalue weighted by molar-refractivity contribution is 1.22. The Morgan fingerprint density at radius 2 is 1.07 bits per heavy atom. The summed E-state index contributed by atoms with van der Waals surface area (Å²) in [7, 11) is 2.15. The van der Waals surface area contributed by atoms with Gasteiger partial charge in [0, 0.05) is 23.8 Å². The molecule has 0 spiro atoms. The highest BCUT2D eigenvalue weighted by atomic mass is 15.1. The van der Waals surface area contributed by atoms with Crippen molar-refractivity contribution in [1.29, 1.82) is 0 Å². The summed E-state index contributed by atoms with van der Waals surface area (Å²) >= 11 is 0. The van der Waals surface area contributed by atoms with Crippen LogP contribution in [-0.4, -0.2) is 7.05 Å². The van der Waals surface area contributed by atoms with Gasteiger partial charge < -0.3 is 4.90 Å². The molecular weight excluding hydrogens is 362 g/mol. The van der Waals surface area contributed by atoms with Crippen LogP contribution in [0.2, 0.25) is 0 Å². The van der Waals surface area contributed by atoms with E-state index < -0.39 is 0 Å². The van der Waals surface area contributed by atoms with Crippen LogP contribution in [0.3, 0.4) is 0 Å². The summed E-state index contributed by atoms with van der Waals surface area (Å²) in [6.07, 6.45) is 0. The Morgan fingerprint density at radius 1 is 0.467 bits per heavy atom. The van der Waals surface area contributed by atoms with E-state index in [9.17, 15) is 0 Å². The zero-order valence-electron chi connectivity index (χ0n) is 17.0. The molecule has 5 rings (SSSR count). The van der Waals surface area contributed by atoms with Crippen LogP contribution < -0.4 is 4.90 Å². The average Bonchev–Trinajstić information content (AvgIpc) is 2.84. The van der Waals surface area contributed by atoms with Crippen molar-refractivity contribution in [2.75, 3.05) is 11.9 Å². The van der Waals surface area contributed by atoms with E-state index in [0.29, 0.717) is 0 Å². The van der Waals surface area contributed by atoms with Crippen molar-refractivity contribution in [2.45, 2.75) is 0 Å². The molecule has 0 unspecified atom stereocenters. The molecule has 144 valence electrons. The quantitative estimate of drug-likeness (QED) is 0.303. The van der Waals surface area contributed by atoms with E-state index >= 15 is 0 Å². The number of rotatable bonds is 4. The second-order valence-electron chi connectivity index (χ2n) is 7.52. The third kappa shape index (κ3) is 3.35. The molecule has 0 saturated heterocycles. The smallest absolute Gasteiger partial charge is 0.0487 e. The van der Waals surface area contributed by atoms with Gasteiger partial charge in [-0.2, -0.15) is 0 Å². The van der Waals surface area contributed by atoms with Crippen LogP contribution in [0.5, 0.6) is 0 Å². The van der Waals surface area contributed by atoms with Gasteiger partial charge in [-0.15, -0.1) is 0 Å². The highest BCUT2D eigenvalue weighted by Crippen LogP contribution is 2.36. The number of hydrogen-bond donors (Lipinski definition) is 0. The first kappa shape index (κ1) is 18.2. The standard InChI is InChI=1S/C29H23N/c1-30(25-16-8-15-24(21-25)22-11-4-2-5-12-22)29-20-10-18-27-26(17-9-19-28(27)29)23-13-6-3-7-14-23/h2-21H,1H3. The maximum atomic E-state index is 2.28. The highest BCUT2D eigenvalue weighted by molar-refractivity contribution is 6.04. The number of nitrogens with zero attached hydrogens (tertiary/aromatic N) is 1. The van der Waals surface area contributed by atoms with E-state index in [4.69, 9.17) is 0 Å². The number of benzene rings is 5. The summed E-state index contributed by atoms with van der Waals surface area (Å²) < 4.78 is 0. The minimum Gasteiger partial charge on any atom is -0.344 e. The zero-order chi connectivity index (χ0) is 20.3. The van der Waals surface area contributed by atoms with E-state index in [1.807, 2.05) is 0 Å². The minimum atomic E-state index is 1.17. The Balaban J connectivity index is 1.60. The fourth-order valence-corrected chi connectivity index (χ4v) is 4.12. The molecule has 0 amide bonds. The second-order valence-corrected chi connectivity index (χ2v) is 7.52. The first-order valence-electron chi connectivity index (χ1n) is 10.3. The summed E-state index contributed by atoms with van der Waals surface area (Å²) in [6, 6.07) is 43.0. The van der Waals surface area contributed by atoms with Gasteiger partial charge in [0.1, 0.15) is 0 Å². The SMILES string of the molecule is CN(c1cccc(-c2ccccc2)c1)c1cccc2c(-c3ccccc3)cccc12. The molecule has 0 N–H and O–H groups in total. The molecule has 1 heteroatoms. The molecule has 0 atom stereocenters. The molecule has 0 saturated carbocycles. The van der Waals surface area contributed by atoms with Crippen LogP contribution in [0, 0.1) is 0 Å². The van der Waals surface area contributed by atoms with Gasteiger partial charge in [-0.05, 0) is 45.8 Å². The zero-order valence-corrected chi connectivity index (χ0v) is 17.0. The topological polar surface area (TPSA) is 3.24 Å². The minimum absolute atomic E-state index is 1.17. The van der Waals surface area contributed by atoms with Crippen LogP contribution in [0.4, 0.5) is 11.4 Å². The maximum absolute atomic E-state index is 2.28. The predicted molar refractivity (Wildman–Crippen MR) is 129 cm³/mol. The number of anilines is 2. The Kier molecular flexibility index (Phi) is 4.78. The maximum Gasteiger partial charge on any atom is 0.0487 e. The Bertz CT molecular complexity index is 1290. The van der Waals surface area contributed by atoms with E-state index in [0.717, 1.165) is 0 Å². The molecule has 0 aliphatic rings. The van der Waals surface area contributed by atoms with Gasteiger partial charge in [0.2, 0.25) is 0 Å². The Labute approximate surface area is 177 Å². The summed E-state index contributed by atoms with van der Waals surface area (Å²) in [4.78, 5) is 2.28. The van der Waals surface area contributed by atoms with Gasteiger partial charge in [-0.3, -0.25) is 0 Å². The van der Waals surface area contributed by atoms with Crippen molar-refractivity contribution in [2.24, 2.45) is 0 Å². The molecule has 0 fully saturated rings. The van der Waals surface area contributed by atoms with Crippen molar-refractivity contribution in [3.05, 3.63) is 121 Å². The van der Waals surface area contributed by atoms with Crippen LogP contribution in [-0.2, 0) is 0 Å². The third-order valence-electron chi connectivity index (χ3n) is 5.69. The molecule has 0 radical (unpaired) electrons. The summed E-state index contributed by atoms with van der Waals surface area (Å²) in [5.74, 6) is 0. The highest BCUT2D eigenvalue weighted by Gasteiger charge is 2.11. The van der Waals surface area contributed by atoms with Crippen LogP contribution in [0.15, 0.2) is 121 Å². The summed E-state index contributed by atoms with van der Waals surface area (Å²) in [5, 5.41) is 2.53. The summed E-state index contributed by atoms with van der Waals surface area (Å²) in [5.41, 5.74) is 7.35. The number of hydrogen-bond acceptors (Lipinski definition) is 1. The van der Waals surface area contributed by atoms with Crippen molar-refractivity contribution < 1.29 is 0 Å². The second kappa shape index (κ2) is 7.88. The van der Waals surface area contributed by atoms with Crippen molar-refractivity contribution in [1.82, 2.24) is 0 Å². The molecule has 5 aromatic rings. The van der Waals surface area contributed by atoms with E-state index in [1.165, 1.54) is 44.4 Å². The fourth-order valence-electron chi connectivity index (χ4n) is 4.12. The van der Waals surface area contributed by atoms with Gasteiger partial charge >= 0.3 is 0 Å². The fraction of sp³-hybridized carbons (Fsp3) is 0.0345. The molecule has 30 heavy (non-hydrogen) atoms. The first-order chi connectivity index (χ1) is 14.8. The predicted octanol–water partition coefficient (Wildman–Crippen LogP) is 7.94. The first-order valence-corrected chi connectivity index (χ1v) is 10.3. The number of fused-ring (bicyclic) bond motifs is 1. The lowest BCUT2D eigenvalue weighted by atomic mass is 9.97. The Morgan fingerprint density at radius 3 is 1.83 bits per heavy atom. The van der Waals surface area contributed by atoms with Crippen LogP contribution in [0.1, 0.15) is 0 Å². The molecule has 0 bridgehead atoms. The average molecular weight is 386 g/mol. The normalized spacial score (nSPS) is 10.8. The molecule has 0 aliphatic carbocycles. The van der Waals surface area contributed by atoms with E-state index in [2.05, 4.69) is 133 Å². The summed E-state index contributed by atoms with van der Waals surface area (Å²) in [6.45, 7) is 0. The molecule has 0 aromatic heterocycles. The van der Waals surface area contributed by atoms with E-state index in [1.54, 1.807) is 0 Å². The van der Waals surface area contributed by atoms with Crippen molar-refractivity contribution in [3.63, 3.8) is 0 Å². The van der Waals surface area contributed by atoms with Gasteiger partial charge in [0.25, 0.3) is 0 Å². The molecule has 1 nitrogen and oxygen atoms in total. The Hall–Kier alpha value is -3.84. The molecule has 0 aliphatic heterocycles. The van der Waals surface area contributed by atoms with Crippen LogP contribution in [0.25, 0.3) is 33.0 Å². The molecule has 0 heterocycles. The molecular formula is C29H23N. The largest absolute Gasteiger partial charge is 0.344 e.